The Morgan fingerprint density at radius 1 is 1.53 bits per heavy atom. The molecule has 1 aliphatic heterocycles. The maximum Gasteiger partial charge on any atom is 0.170 e. The van der Waals surface area contributed by atoms with Gasteiger partial charge in [0.25, 0.3) is 0 Å². The fourth-order valence-corrected chi connectivity index (χ4v) is 1.99. The smallest absolute Gasteiger partial charge is 0.170 e. The van der Waals surface area contributed by atoms with Gasteiger partial charge in [0, 0.05) is 17.5 Å². The first-order valence-electron chi connectivity index (χ1n) is 5.13. The van der Waals surface area contributed by atoms with Gasteiger partial charge in [-0.25, -0.2) is 4.39 Å². The minimum atomic E-state index is -0.367. The van der Waals surface area contributed by atoms with Gasteiger partial charge in [-0.15, -0.1) is 0 Å². The van der Waals surface area contributed by atoms with Crippen LogP contribution in [-0.4, -0.2) is 18.9 Å². The van der Waals surface area contributed by atoms with Gasteiger partial charge in [-0.3, -0.25) is 4.79 Å². The highest BCUT2D eigenvalue weighted by Gasteiger charge is 2.36. The largest absolute Gasteiger partial charge is 0.316 e. The first kappa shape index (κ1) is 10.3. The van der Waals surface area contributed by atoms with Crippen molar-refractivity contribution in [3.63, 3.8) is 0 Å². The quantitative estimate of drug-likeness (QED) is 0.751. The zero-order valence-corrected chi connectivity index (χ0v) is 8.72. The van der Waals surface area contributed by atoms with E-state index in [9.17, 15) is 9.18 Å². The van der Waals surface area contributed by atoms with Crippen molar-refractivity contribution in [1.82, 2.24) is 5.32 Å². The molecule has 0 amide bonds. The predicted octanol–water partition coefficient (Wildman–Crippen LogP) is 2.01. The summed E-state index contributed by atoms with van der Waals surface area (Å²) in [4.78, 5) is 12.1. The Hall–Kier alpha value is -1.22. The molecule has 2 nitrogen and oxygen atoms in total. The Morgan fingerprint density at radius 2 is 2.33 bits per heavy atom. The summed E-state index contributed by atoms with van der Waals surface area (Å²) in [5.41, 5.74) is 0.106. The number of rotatable bonds is 2. The van der Waals surface area contributed by atoms with Crippen LogP contribution in [0.2, 0.25) is 0 Å². The van der Waals surface area contributed by atoms with Crippen LogP contribution < -0.4 is 5.32 Å². The van der Waals surface area contributed by atoms with Crippen molar-refractivity contribution in [2.75, 3.05) is 13.1 Å². The third-order valence-electron chi connectivity index (χ3n) is 3.00. The molecular weight excluding hydrogens is 193 g/mol. The van der Waals surface area contributed by atoms with Crippen LogP contribution >= 0.6 is 0 Å². The number of ketones is 1. The molecule has 1 aliphatic rings. The van der Waals surface area contributed by atoms with Crippen LogP contribution in [0.15, 0.2) is 24.3 Å². The van der Waals surface area contributed by atoms with E-state index in [2.05, 4.69) is 5.32 Å². The number of hydrogen-bond acceptors (Lipinski definition) is 2. The minimum absolute atomic E-state index is 0.0343. The van der Waals surface area contributed by atoms with E-state index in [4.69, 9.17) is 0 Å². The van der Waals surface area contributed by atoms with Crippen LogP contribution in [0.5, 0.6) is 0 Å². The second kappa shape index (κ2) is 3.74. The molecule has 1 heterocycles. The Kier molecular flexibility index (Phi) is 2.57. The van der Waals surface area contributed by atoms with Gasteiger partial charge in [0.15, 0.2) is 5.78 Å². The fourth-order valence-electron chi connectivity index (χ4n) is 1.99. The lowest BCUT2D eigenvalue weighted by Gasteiger charge is -2.20. The maximum absolute atomic E-state index is 13.0. The molecule has 1 N–H and O–H groups in total. The molecule has 15 heavy (non-hydrogen) atoms. The van der Waals surface area contributed by atoms with E-state index in [1.165, 1.54) is 12.1 Å². The topological polar surface area (TPSA) is 29.1 Å². The summed E-state index contributed by atoms with van der Waals surface area (Å²) in [6.45, 7) is 3.47. The molecule has 0 saturated carbocycles. The molecule has 0 radical (unpaired) electrons. The lowest BCUT2D eigenvalue weighted by atomic mass is 9.81. The Labute approximate surface area is 88.5 Å². The van der Waals surface area contributed by atoms with Gasteiger partial charge < -0.3 is 5.32 Å². The van der Waals surface area contributed by atoms with Gasteiger partial charge in [-0.1, -0.05) is 19.1 Å². The number of carbonyl (C=O) groups excluding carboxylic acids is 1. The number of halogens is 1. The Morgan fingerprint density at radius 3 is 2.93 bits per heavy atom. The van der Waals surface area contributed by atoms with E-state index in [0.29, 0.717) is 12.1 Å². The number of hydrogen-bond donors (Lipinski definition) is 1. The van der Waals surface area contributed by atoms with Crippen molar-refractivity contribution in [2.24, 2.45) is 5.41 Å². The SMILES string of the molecule is CC1(C(=O)c2cccc(F)c2)CCNC1. The lowest BCUT2D eigenvalue weighted by Crippen LogP contribution is -2.30. The summed E-state index contributed by atoms with van der Waals surface area (Å²) in [5, 5.41) is 3.16. The number of Topliss-reactive ketones (excluding diaryl/α,β-unsaturated/α-hetero) is 1. The summed E-state index contributed by atoms with van der Waals surface area (Å²) < 4.78 is 13.0. The highest BCUT2D eigenvalue weighted by molar-refractivity contribution is 6.00. The third-order valence-corrected chi connectivity index (χ3v) is 3.00. The number of nitrogens with one attached hydrogen (secondary N) is 1. The zero-order chi connectivity index (χ0) is 10.9. The van der Waals surface area contributed by atoms with Crippen LogP contribution in [-0.2, 0) is 0 Å². The van der Waals surface area contributed by atoms with Gasteiger partial charge in [0.05, 0.1) is 0 Å². The maximum atomic E-state index is 13.0. The van der Waals surface area contributed by atoms with Crippen LogP contribution in [0.1, 0.15) is 23.7 Å². The molecule has 3 heteroatoms. The first-order valence-corrected chi connectivity index (χ1v) is 5.13. The predicted molar refractivity (Wildman–Crippen MR) is 56.3 cm³/mol. The van der Waals surface area contributed by atoms with E-state index in [1.54, 1.807) is 12.1 Å². The molecule has 80 valence electrons. The molecule has 1 fully saturated rings. The van der Waals surface area contributed by atoms with Gasteiger partial charge in [-0.2, -0.15) is 0 Å². The van der Waals surface area contributed by atoms with Crippen molar-refractivity contribution in [3.8, 4) is 0 Å². The molecule has 1 unspecified atom stereocenters. The molecule has 0 bridgehead atoms. The standard InChI is InChI=1S/C12H14FNO/c1-12(5-6-14-8-12)11(15)9-3-2-4-10(13)7-9/h2-4,7,14H,5-6,8H2,1H3. The summed E-state index contributed by atoms with van der Waals surface area (Å²) in [6.07, 6.45) is 0.822. The van der Waals surface area contributed by atoms with Crippen molar-refractivity contribution >= 4 is 5.78 Å². The average molecular weight is 207 g/mol. The van der Waals surface area contributed by atoms with Crippen LogP contribution in [0.3, 0.4) is 0 Å². The molecule has 1 saturated heterocycles. The van der Waals surface area contributed by atoms with Gasteiger partial charge in [-0.05, 0) is 25.1 Å². The van der Waals surface area contributed by atoms with Crippen molar-refractivity contribution < 1.29 is 9.18 Å². The highest BCUT2D eigenvalue weighted by atomic mass is 19.1. The van der Waals surface area contributed by atoms with Crippen molar-refractivity contribution in [2.45, 2.75) is 13.3 Å². The number of carbonyl (C=O) groups is 1. The summed E-state index contributed by atoms with van der Waals surface area (Å²) in [7, 11) is 0. The van der Waals surface area contributed by atoms with E-state index in [-0.39, 0.29) is 17.0 Å². The van der Waals surface area contributed by atoms with Gasteiger partial charge >= 0.3 is 0 Å². The van der Waals surface area contributed by atoms with Crippen molar-refractivity contribution in [3.05, 3.63) is 35.6 Å². The highest BCUT2D eigenvalue weighted by Crippen LogP contribution is 2.29. The summed E-state index contributed by atoms with van der Waals surface area (Å²) in [6, 6.07) is 5.92. The lowest BCUT2D eigenvalue weighted by molar-refractivity contribution is 0.0839. The molecule has 0 aromatic heterocycles. The van der Waals surface area contributed by atoms with Gasteiger partial charge in [0.2, 0.25) is 0 Å². The molecule has 0 aliphatic carbocycles. The first-order chi connectivity index (χ1) is 7.12. The van der Waals surface area contributed by atoms with E-state index >= 15 is 0 Å². The summed E-state index contributed by atoms with van der Waals surface area (Å²) >= 11 is 0. The van der Waals surface area contributed by atoms with Crippen LogP contribution in [0, 0.1) is 11.2 Å². The second-order valence-corrected chi connectivity index (χ2v) is 4.33. The molecular formula is C12H14FNO. The zero-order valence-electron chi connectivity index (χ0n) is 8.72. The molecule has 1 atom stereocenters. The Bertz CT molecular complexity index is 383. The molecule has 0 spiro atoms. The molecule has 2 rings (SSSR count). The molecule has 1 aromatic rings. The monoisotopic (exact) mass is 207 g/mol. The second-order valence-electron chi connectivity index (χ2n) is 4.33. The number of benzene rings is 1. The van der Waals surface area contributed by atoms with E-state index < -0.39 is 0 Å². The van der Waals surface area contributed by atoms with Gasteiger partial charge in [0.1, 0.15) is 5.82 Å². The van der Waals surface area contributed by atoms with E-state index in [1.807, 2.05) is 6.92 Å². The van der Waals surface area contributed by atoms with Crippen LogP contribution in [0.4, 0.5) is 4.39 Å². The fraction of sp³-hybridized carbons (Fsp3) is 0.417. The summed E-state index contributed by atoms with van der Waals surface area (Å²) in [5.74, 6) is -0.317. The Balaban J connectivity index is 2.27. The third kappa shape index (κ3) is 1.92. The van der Waals surface area contributed by atoms with E-state index in [0.717, 1.165) is 13.0 Å². The minimum Gasteiger partial charge on any atom is -0.316 e. The average Bonchev–Trinajstić information content (AvgIpc) is 2.65. The normalized spacial score (nSPS) is 25.5. The molecule has 1 aromatic carbocycles. The van der Waals surface area contributed by atoms with Crippen LogP contribution in [0.25, 0.3) is 0 Å². The van der Waals surface area contributed by atoms with Crippen molar-refractivity contribution in [1.29, 1.82) is 0 Å².